The van der Waals surface area contributed by atoms with E-state index < -0.39 is 0 Å². The van der Waals surface area contributed by atoms with E-state index >= 15 is 0 Å². The molecule has 130 valence electrons. The molecule has 0 saturated carbocycles. The van der Waals surface area contributed by atoms with Crippen LogP contribution in [0.2, 0.25) is 5.02 Å². The number of halogens is 2. The van der Waals surface area contributed by atoms with E-state index in [4.69, 9.17) is 11.6 Å². The smallest absolute Gasteiger partial charge is 0.231 e. The number of nitrogens with one attached hydrogen (secondary N) is 2. The van der Waals surface area contributed by atoms with Crippen LogP contribution in [-0.4, -0.2) is 33.8 Å². The summed E-state index contributed by atoms with van der Waals surface area (Å²) < 4.78 is 1.63. The Labute approximate surface area is 152 Å². The molecule has 1 aliphatic rings. The number of aromatic nitrogens is 3. The van der Waals surface area contributed by atoms with E-state index in [1.165, 1.54) is 0 Å². The Morgan fingerprint density at radius 1 is 1.42 bits per heavy atom. The number of hydrogen-bond acceptors (Lipinski definition) is 4. The van der Waals surface area contributed by atoms with Crippen LogP contribution in [0.15, 0.2) is 24.3 Å². The van der Waals surface area contributed by atoms with Gasteiger partial charge in [0.05, 0.1) is 6.42 Å². The summed E-state index contributed by atoms with van der Waals surface area (Å²) in [4.78, 5) is 16.7. The maximum absolute atomic E-state index is 12.2. The number of piperidine rings is 1. The molecule has 6 nitrogen and oxygen atoms in total. The number of hydrogen-bond donors (Lipinski definition) is 2. The van der Waals surface area contributed by atoms with Crippen LogP contribution in [0, 0.1) is 0 Å². The van der Waals surface area contributed by atoms with Gasteiger partial charge < -0.3 is 5.32 Å². The average Bonchev–Trinajstić information content (AvgIpc) is 2.89. The van der Waals surface area contributed by atoms with Gasteiger partial charge in [0.25, 0.3) is 0 Å². The minimum Gasteiger partial charge on any atom is -0.317 e. The maximum atomic E-state index is 12.2. The van der Waals surface area contributed by atoms with E-state index in [-0.39, 0.29) is 24.7 Å². The third kappa shape index (κ3) is 4.69. The monoisotopic (exact) mass is 369 g/mol. The molecule has 1 amide bonds. The number of carbonyl (C=O) groups is 1. The standard InChI is InChI=1S/C16H20ClN5O.ClH/c1-22-16(20-15(21-22)12-5-7-18-8-6-12)19-14(23)10-11-3-2-4-13(17)9-11;/h2-4,9,12,18H,5-8,10H2,1H3,(H,19,20,21,23);1H. The molecule has 2 N–H and O–H groups in total. The fourth-order valence-electron chi connectivity index (χ4n) is 2.77. The number of rotatable bonds is 4. The Morgan fingerprint density at radius 2 is 2.17 bits per heavy atom. The Morgan fingerprint density at radius 3 is 2.88 bits per heavy atom. The maximum Gasteiger partial charge on any atom is 0.231 e. The quantitative estimate of drug-likeness (QED) is 0.868. The fraction of sp³-hybridized carbons (Fsp3) is 0.438. The summed E-state index contributed by atoms with van der Waals surface area (Å²) in [7, 11) is 1.80. The molecule has 8 heteroatoms. The van der Waals surface area contributed by atoms with E-state index in [0.717, 1.165) is 37.3 Å². The fourth-order valence-corrected chi connectivity index (χ4v) is 2.98. The number of nitrogens with zero attached hydrogens (tertiary/aromatic N) is 3. The van der Waals surface area contributed by atoms with E-state index in [1.54, 1.807) is 23.9 Å². The lowest BCUT2D eigenvalue weighted by Crippen LogP contribution is -2.27. The van der Waals surface area contributed by atoms with Crippen LogP contribution in [0.5, 0.6) is 0 Å². The lowest BCUT2D eigenvalue weighted by molar-refractivity contribution is -0.115. The topological polar surface area (TPSA) is 71.8 Å². The van der Waals surface area contributed by atoms with Crippen LogP contribution < -0.4 is 10.6 Å². The van der Waals surface area contributed by atoms with Gasteiger partial charge in [-0.25, -0.2) is 4.68 Å². The molecular formula is C16H21Cl2N5O. The van der Waals surface area contributed by atoms with Crippen LogP contribution in [0.3, 0.4) is 0 Å². The zero-order valence-corrected chi connectivity index (χ0v) is 15.0. The zero-order chi connectivity index (χ0) is 16.2. The first-order valence-corrected chi connectivity index (χ1v) is 8.15. The molecule has 1 aromatic carbocycles. The van der Waals surface area contributed by atoms with E-state index in [2.05, 4.69) is 20.7 Å². The molecule has 2 aromatic rings. The summed E-state index contributed by atoms with van der Waals surface area (Å²) in [5, 5.41) is 11.2. The van der Waals surface area contributed by atoms with Crippen LogP contribution in [0.25, 0.3) is 0 Å². The first-order chi connectivity index (χ1) is 11.1. The highest BCUT2D eigenvalue weighted by molar-refractivity contribution is 6.30. The van der Waals surface area contributed by atoms with Crippen LogP contribution in [0.1, 0.15) is 30.1 Å². The summed E-state index contributed by atoms with van der Waals surface area (Å²) in [6.07, 6.45) is 2.32. The summed E-state index contributed by atoms with van der Waals surface area (Å²) in [5.74, 6) is 1.54. The molecule has 0 bridgehead atoms. The second kappa shape index (κ2) is 8.46. The Bertz CT molecular complexity index is 698. The molecule has 1 saturated heterocycles. The lowest BCUT2D eigenvalue weighted by atomic mass is 9.98. The van der Waals surface area contributed by atoms with Gasteiger partial charge in [0.1, 0.15) is 0 Å². The third-order valence-electron chi connectivity index (χ3n) is 3.99. The van der Waals surface area contributed by atoms with Crippen LogP contribution in [-0.2, 0) is 18.3 Å². The van der Waals surface area contributed by atoms with E-state index in [0.29, 0.717) is 16.9 Å². The number of carbonyl (C=O) groups excluding carboxylic acids is 1. The Kier molecular flexibility index (Phi) is 6.60. The first kappa shape index (κ1) is 18.7. The summed E-state index contributed by atoms with van der Waals surface area (Å²) in [6, 6.07) is 7.29. The predicted molar refractivity (Wildman–Crippen MR) is 96.9 cm³/mol. The molecule has 0 spiro atoms. The van der Waals surface area contributed by atoms with Crippen molar-refractivity contribution in [1.82, 2.24) is 20.1 Å². The number of amides is 1. The van der Waals surface area contributed by atoms with Crippen molar-refractivity contribution in [2.75, 3.05) is 18.4 Å². The Hall–Kier alpha value is -1.63. The molecule has 0 unspecified atom stereocenters. The second-order valence-electron chi connectivity index (χ2n) is 5.80. The summed E-state index contributed by atoms with van der Waals surface area (Å²) in [5.41, 5.74) is 0.871. The van der Waals surface area contributed by atoms with Gasteiger partial charge in [0.15, 0.2) is 5.82 Å². The first-order valence-electron chi connectivity index (χ1n) is 7.78. The molecule has 0 atom stereocenters. The van der Waals surface area contributed by atoms with Crippen molar-refractivity contribution >= 4 is 35.9 Å². The molecule has 24 heavy (non-hydrogen) atoms. The van der Waals surface area contributed by atoms with Crippen molar-refractivity contribution in [3.63, 3.8) is 0 Å². The molecule has 1 aliphatic heterocycles. The molecule has 1 aromatic heterocycles. The number of benzene rings is 1. The van der Waals surface area contributed by atoms with Gasteiger partial charge in [-0.1, -0.05) is 23.7 Å². The van der Waals surface area contributed by atoms with Crippen LogP contribution >= 0.6 is 24.0 Å². The number of anilines is 1. The normalized spacial score (nSPS) is 14.9. The number of aryl methyl sites for hydroxylation is 1. The van der Waals surface area contributed by atoms with Gasteiger partial charge in [-0.05, 0) is 43.6 Å². The van der Waals surface area contributed by atoms with Crippen LogP contribution in [0.4, 0.5) is 5.95 Å². The second-order valence-corrected chi connectivity index (χ2v) is 6.23. The Balaban J connectivity index is 0.00000208. The van der Waals surface area contributed by atoms with Gasteiger partial charge in [-0.2, -0.15) is 10.1 Å². The molecule has 0 radical (unpaired) electrons. The molecular weight excluding hydrogens is 349 g/mol. The lowest BCUT2D eigenvalue weighted by Gasteiger charge is -2.19. The van der Waals surface area contributed by atoms with E-state index in [9.17, 15) is 4.79 Å². The van der Waals surface area contributed by atoms with Crippen molar-refractivity contribution in [3.8, 4) is 0 Å². The minimum absolute atomic E-state index is 0. The summed E-state index contributed by atoms with van der Waals surface area (Å²) >= 11 is 5.94. The molecule has 3 rings (SSSR count). The predicted octanol–water partition coefficient (Wildman–Crippen LogP) is 2.54. The highest BCUT2D eigenvalue weighted by atomic mass is 35.5. The molecule has 0 aliphatic carbocycles. The van der Waals surface area contributed by atoms with Gasteiger partial charge in [0, 0.05) is 18.0 Å². The minimum atomic E-state index is -0.125. The van der Waals surface area contributed by atoms with Crippen molar-refractivity contribution in [3.05, 3.63) is 40.7 Å². The SMILES string of the molecule is Cl.Cn1nc(C2CCNCC2)nc1NC(=O)Cc1cccc(Cl)c1. The largest absolute Gasteiger partial charge is 0.317 e. The van der Waals surface area contributed by atoms with Gasteiger partial charge in [-0.3, -0.25) is 10.1 Å². The van der Waals surface area contributed by atoms with Crippen molar-refractivity contribution in [2.24, 2.45) is 7.05 Å². The highest BCUT2D eigenvalue weighted by Gasteiger charge is 2.21. The van der Waals surface area contributed by atoms with Crippen molar-refractivity contribution in [1.29, 1.82) is 0 Å². The molecule has 1 fully saturated rings. The highest BCUT2D eigenvalue weighted by Crippen LogP contribution is 2.23. The van der Waals surface area contributed by atoms with Gasteiger partial charge >= 0.3 is 0 Å². The van der Waals surface area contributed by atoms with Crippen molar-refractivity contribution < 1.29 is 4.79 Å². The van der Waals surface area contributed by atoms with Gasteiger partial charge in [0.2, 0.25) is 11.9 Å². The summed E-state index contributed by atoms with van der Waals surface area (Å²) in [6.45, 7) is 1.97. The molecule has 2 heterocycles. The van der Waals surface area contributed by atoms with E-state index in [1.807, 2.05) is 12.1 Å². The third-order valence-corrected chi connectivity index (χ3v) is 4.22. The zero-order valence-electron chi connectivity index (χ0n) is 13.5. The average molecular weight is 370 g/mol. The van der Waals surface area contributed by atoms with Crippen molar-refractivity contribution in [2.45, 2.75) is 25.2 Å². The van der Waals surface area contributed by atoms with Gasteiger partial charge in [-0.15, -0.1) is 12.4 Å².